The van der Waals surface area contributed by atoms with Gasteiger partial charge in [0.05, 0.1) is 17.2 Å². The Balaban J connectivity index is 1.49. The summed E-state index contributed by atoms with van der Waals surface area (Å²) in [5.41, 5.74) is 1.33. The van der Waals surface area contributed by atoms with Crippen molar-refractivity contribution in [2.24, 2.45) is 0 Å². The van der Waals surface area contributed by atoms with Crippen LogP contribution >= 0.6 is 0 Å². The van der Waals surface area contributed by atoms with Gasteiger partial charge in [0, 0.05) is 25.6 Å². The van der Waals surface area contributed by atoms with Gasteiger partial charge in [-0.3, -0.25) is 29.4 Å². The minimum absolute atomic E-state index is 0.0840. The van der Waals surface area contributed by atoms with Crippen molar-refractivity contribution in [3.8, 4) is 0 Å². The second-order valence-corrected chi connectivity index (χ2v) is 7.37. The monoisotopic (exact) mass is 386 g/mol. The number of imide groups is 2. The number of fused-ring (bicyclic) bond motifs is 1. The van der Waals surface area contributed by atoms with Gasteiger partial charge in [0.1, 0.15) is 6.04 Å². The molecule has 3 aliphatic heterocycles. The highest BCUT2D eigenvalue weighted by molar-refractivity contribution is 6.23. The van der Waals surface area contributed by atoms with Crippen LogP contribution < -0.4 is 16.0 Å². The molecule has 2 saturated heterocycles. The van der Waals surface area contributed by atoms with Gasteiger partial charge >= 0.3 is 0 Å². The fourth-order valence-corrected chi connectivity index (χ4v) is 3.93. The van der Waals surface area contributed by atoms with Crippen LogP contribution in [-0.2, 0) is 16.1 Å². The number of nitrogens with zero attached hydrogens (tertiary/aromatic N) is 1. The zero-order valence-corrected chi connectivity index (χ0v) is 15.2. The Kier molecular flexibility index (Phi) is 4.96. The number of carbonyl (C=O) groups is 4. The molecular weight excluding hydrogens is 364 g/mol. The van der Waals surface area contributed by atoms with Crippen LogP contribution in [-0.4, -0.2) is 64.9 Å². The van der Waals surface area contributed by atoms with E-state index in [0.29, 0.717) is 19.5 Å². The number of aliphatic hydroxyl groups excluding tert-OH is 1. The topological polar surface area (TPSA) is 128 Å². The molecule has 0 bridgehead atoms. The van der Waals surface area contributed by atoms with Crippen LogP contribution in [0.3, 0.4) is 0 Å². The molecule has 0 spiro atoms. The Morgan fingerprint density at radius 1 is 1.11 bits per heavy atom. The molecule has 1 unspecified atom stereocenters. The maximum Gasteiger partial charge on any atom is 0.262 e. The zero-order valence-electron chi connectivity index (χ0n) is 15.2. The molecule has 0 aliphatic carbocycles. The first kappa shape index (κ1) is 18.7. The number of nitrogens with one attached hydrogen (secondary N) is 3. The van der Waals surface area contributed by atoms with E-state index in [2.05, 4.69) is 16.0 Å². The number of piperidine rings is 2. The second-order valence-electron chi connectivity index (χ2n) is 7.37. The highest BCUT2D eigenvalue weighted by atomic mass is 16.3. The molecule has 1 aromatic carbocycles. The van der Waals surface area contributed by atoms with Crippen molar-refractivity contribution in [2.45, 2.75) is 44.0 Å². The Morgan fingerprint density at radius 3 is 2.64 bits per heavy atom. The van der Waals surface area contributed by atoms with E-state index in [4.69, 9.17) is 0 Å². The summed E-state index contributed by atoms with van der Waals surface area (Å²) >= 11 is 0. The van der Waals surface area contributed by atoms with Crippen molar-refractivity contribution in [3.05, 3.63) is 34.9 Å². The van der Waals surface area contributed by atoms with Gasteiger partial charge in [0.2, 0.25) is 11.8 Å². The molecule has 0 radical (unpaired) electrons. The summed E-state index contributed by atoms with van der Waals surface area (Å²) in [6.45, 7) is 1.88. The fourth-order valence-electron chi connectivity index (χ4n) is 3.93. The maximum atomic E-state index is 12.8. The summed E-state index contributed by atoms with van der Waals surface area (Å²) in [5.74, 6) is -2.05. The molecule has 0 saturated carbocycles. The van der Waals surface area contributed by atoms with Crippen LogP contribution in [0.25, 0.3) is 0 Å². The number of benzene rings is 1. The lowest BCUT2D eigenvalue weighted by atomic mass is 10.0. The average molecular weight is 386 g/mol. The molecule has 1 aromatic rings. The molecule has 9 heteroatoms. The highest BCUT2D eigenvalue weighted by Gasteiger charge is 2.44. The molecule has 0 aromatic heterocycles. The summed E-state index contributed by atoms with van der Waals surface area (Å²) in [7, 11) is 0. The Labute approximate surface area is 161 Å². The van der Waals surface area contributed by atoms with Gasteiger partial charge in [0.25, 0.3) is 11.8 Å². The van der Waals surface area contributed by atoms with Crippen molar-refractivity contribution >= 4 is 23.6 Å². The van der Waals surface area contributed by atoms with Gasteiger partial charge in [-0.05, 0) is 37.1 Å². The third-order valence-electron chi connectivity index (χ3n) is 5.52. The molecule has 4 rings (SSSR count). The lowest BCUT2D eigenvalue weighted by molar-refractivity contribution is -0.136. The minimum Gasteiger partial charge on any atom is -0.391 e. The Hall–Kier alpha value is -2.62. The van der Waals surface area contributed by atoms with Crippen LogP contribution in [0.15, 0.2) is 18.2 Å². The smallest absolute Gasteiger partial charge is 0.262 e. The number of amides is 4. The molecule has 3 heterocycles. The van der Waals surface area contributed by atoms with Crippen LogP contribution in [0.5, 0.6) is 0 Å². The van der Waals surface area contributed by atoms with Crippen molar-refractivity contribution in [3.63, 3.8) is 0 Å². The molecule has 4 N–H and O–H groups in total. The van der Waals surface area contributed by atoms with E-state index in [1.165, 1.54) is 0 Å². The summed E-state index contributed by atoms with van der Waals surface area (Å²) in [4.78, 5) is 49.9. The van der Waals surface area contributed by atoms with E-state index in [1.807, 2.05) is 0 Å². The fraction of sp³-hybridized carbons (Fsp3) is 0.474. The minimum atomic E-state index is -0.963. The number of hydrogen-bond acceptors (Lipinski definition) is 7. The quantitative estimate of drug-likeness (QED) is 0.484. The Morgan fingerprint density at radius 2 is 1.89 bits per heavy atom. The summed E-state index contributed by atoms with van der Waals surface area (Å²) in [6.07, 6.45) is 0.478. The molecule has 2 fully saturated rings. The normalized spacial score (nSPS) is 27.8. The van der Waals surface area contributed by atoms with E-state index >= 15 is 0 Å². The van der Waals surface area contributed by atoms with Crippen LogP contribution in [0.2, 0.25) is 0 Å². The highest BCUT2D eigenvalue weighted by Crippen LogP contribution is 2.28. The van der Waals surface area contributed by atoms with E-state index < -0.39 is 35.8 Å². The first-order valence-electron chi connectivity index (χ1n) is 9.42. The summed E-state index contributed by atoms with van der Waals surface area (Å²) in [6, 6.07) is 3.95. The Bertz CT molecular complexity index is 855. The first-order valence-corrected chi connectivity index (χ1v) is 9.42. The predicted octanol–water partition coefficient (Wildman–Crippen LogP) is -1.10. The van der Waals surface area contributed by atoms with E-state index in [1.54, 1.807) is 18.2 Å². The lowest BCUT2D eigenvalue weighted by Crippen LogP contribution is -2.54. The maximum absolute atomic E-state index is 12.8. The van der Waals surface area contributed by atoms with Gasteiger partial charge in [-0.15, -0.1) is 0 Å². The van der Waals surface area contributed by atoms with Crippen LogP contribution in [0.4, 0.5) is 0 Å². The van der Waals surface area contributed by atoms with Crippen molar-refractivity contribution in [1.29, 1.82) is 0 Å². The predicted molar refractivity (Wildman–Crippen MR) is 97.2 cm³/mol. The van der Waals surface area contributed by atoms with Gasteiger partial charge in [-0.25, -0.2) is 0 Å². The number of hydrogen-bond donors (Lipinski definition) is 4. The average Bonchev–Trinajstić information content (AvgIpc) is 2.92. The van der Waals surface area contributed by atoms with Gasteiger partial charge < -0.3 is 15.7 Å². The van der Waals surface area contributed by atoms with E-state index in [0.717, 1.165) is 17.0 Å². The van der Waals surface area contributed by atoms with Gasteiger partial charge in [-0.1, -0.05) is 6.07 Å². The standard InChI is InChI=1S/C19H22N4O5/c24-15-5-6-20-9-13(15)21-8-10-1-2-11-12(7-10)19(28)23(18(11)27)14-3-4-16(25)22-17(14)26/h1-2,7,13-15,20-21,24H,3-6,8-9H2,(H,22,25,26)/t13-,14?,15-/m1/s1. The van der Waals surface area contributed by atoms with Gasteiger partial charge in [-0.2, -0.15) is 0 Å². The molecule has 148 valence electrons. The largest absolute Gasteiger partial charge is 0.391 e. The third-order valence-corrected chi connectivity index (χ3v) is 5.52. The van der Waals surface area contributed by atoms with Crippen molar-refractivity contribution < 1.29 is 24.3 Å². The second kappa shape index (κ2) is 7.42. The number of carbonyl (C=O) groups excluding carboxylic acids is 4. The van der Waals surface area contributed by atoms with Crippen LogP contribution in [0.1, 0.15) is 45.5 Å². The molecule has 28 heavy (non-hydrogen) atoms. The molecule has 4 amide bonds. The SMILES string of the molecule is O=C1CCC(N2C(=O)c3ccc(CN[C@@H]4CNCC[C@H]4O)cc3C2=O)C(=O)N1. The summed E-state index contributed by atoms with van der Waals surface area (Å²) < 4.78 is 0. The third kappa shape index (κ3) is 3.32. The molecule has 9 nitrogen and oxygen atoms in total. The van der Waals surface area contributed by atoms with Crippen LogP contribution in [0, 0.1) is 0 Å². The zero-order chi connectivity index (χ0) is 19.8. The first-order chi connectivity index (χ1) is 13.5. The van der Waals surface area contributed by atoms with Crippen molar-refractivity contribution in [1.82, 2.24) is 20.9 Å². The van der Waals surface area contributed by atoms with Crippen molar-refractivity contribution in [2.75, 3.05) is 13.1 Å². The summed E-state index contributed by atoms with van der Waals surface area (Å²) in [5, 5.41) is 18.7. The number of aliphatic hydroxyl groups is 1. The lowest BCUT2D eigenvalue weighted by Gasteiger charge is -2.29. The molecular formula is C19H22N4O5. The van der Waals surface area contributed by atoms with E-state index in [-0.39, 0.29) is 30.0 Å². The molecule has 3 aliphatic rings. The van der Waals surface area contributed by atoms with Gasteiger partial charge in [0.15, 0.2) is 0 Å². The number of rotatable bonds is 4. The van der Waals surface area contributed by atoms with E-state index in [9.17, 15) is 24.3 Å². The molecule has 3 atom stereocenters.